The fourth-order valence-corrected chi connectivity index (χ4v) is 0.883. The normalized spacial score (nSPS) is 9.67. The molecule has 0 atom stereocenters. The van der Waals surface area contributed by atoms with Crippen LogP contribution >= 0.6 is 0 Å². The fraction of sp³-hybridized carbons (Fsp3) is 0. The fourth-order valence-electron chi connectivity index (χ4n) is 0.883. The van der Waals surface area contributed by atoms with Gasteiger partial charge in [-0.05, 0) is 12.1 Å². The highest BCUT2D eigenvalue weighted by Gasteiger charge is 1.96. The van der Waals surface area contributed by atoms with Crippen molar-refractivity contribution in [1.82, 2.24) is 15.5 Å². The van der Waals surface area contributed by atoms with Gasteiger partial charge in [-0.25, -0.2) is 5.43 Å². The van der Waals surface area contributed by atoms with Gasteiger partial charge in [-0.3, -0.25) is 0 Å². The van der Waals surface area contributed by atoms with Crippen molar-refractivity contribution in [2.75, 3.05) is 5.43 Å². The summed E-state index contributed by atoms with van der Waals surface area (Å²) in [5, 5.41) is 9.79. The van der Waals surface area contributed by atoms with Crippen molar-refractivity contribution in [3.8, 4) is 0 Å². The van der Waals surface area contributed by atoms with Crippen molar-refractivity contribution in [1.29, 1.82) is 0 Å². The molecule has 0 fully saturated rings. The molecule has 5 nitrogen and oxygen atoms in total. The Balaban J connectivity index is 2.15. The Hall–Kier alpha value is -1.91. The number of tetrazole rings is 1. The number of aromatic amines is 1. The molecule has 0 aliphatic carbocycles. The van der Waals surface area contributed by atoms with Crippen LogP contribution in [-0.2, 0) is 0 Å². The van der Waals surface area contributed by atoms with Crippen LogP contribution in [0, 0.1) is 0 Å². The minimum absolute atomic E-state index is 0.980. The number of H-pyrrole nitrogens is 1. The molecule has 60 valence electrons. The molecular formula is C7H8N5+. The number of anilines is 1. The second-order valence-electron chi connectivity index (χ2n) is 2.28. The van der Waals surface area contributed by atoms with E-state index in [1.807, 2.05) is 30.3 Å². The molecule has 2 rings (SSSR count). The Labute approximate surface area is 69.0 Å². The van der Waals surface area contributed by atoms with E-state index in [1.165, 1.54) is 0 Å². The number of para-hydroxylation sites is 1. The Kier molecular flexibility index (Phi) is 1.69. The third-order valence-electron chi connectivity index (χ3n) is 1.40. The highest BCUT2D eigenvalue weighted by atomic mass is 15.7. The first-order valence-electron chi connectivity index (χ1n) is 3.55. The molecule has 0 amide bonds. The van der Waals surface area contributed by atoms with E-state index in [1.54, 1.807) is 11.1 Å². The maximum atomic E-state index is 3.61. The number of aromatic nitrogens is 4. The van der Waals surface area contributed by atoms with Crippen molar-refractivity contribution in [3.63, 3.8) is 0 Å². The van der Waals surface area contributed by atoms with E-state index in [0.29, 0.717) is 0 Å². The SMILES string of the molecule is c1ccc(N[n+]2cnn[nH]2)cc1. The van der Waals surface area contributed by atoms with E-state index in [0.717, 1.165) is 5.69 Å². The molecule has 0 spiro atoms. The predicted octanol–water partition coefficient (Wildman–Crippen LogP) is -0.0326. The zero-order valence-electron chi connectivity index (χ0n) is 6.31. The minimum atomic E-state index is 0.980. The van der Waals surface area contributed by atoms with Crippen LogP contribution in [-0.4, -0.2) is 15.5 Å². The molecule has 0 unspecified atom stereocenters. The number of rotatable bonds is 2. The van der Waals surface area contributed by atoms with E-state index in [4.69, 9.17) is 0 Å². The van der Waals surface area contributed by atoms with Crippen molar-refractivity contribution < 1.29 is 4.79 Å². The molecule has 2 aromatic rings. The maximum absolute atomic E-state index is 3.61. The first-order chi connectivity index (χ1) is 5.95. The smallest absolute Gasteiger partial charge is 0.227 e. The molecule has 0 saturated heterocycles. The van der Waals surface area contributed by atoms with Gasteiger partial charge in [-0.15, -0.1) is 0 Å². The number of nitrogens with one attached hydrogen (secondary N) is 2. The van der Waals surface area contributed by atoms with Gasteiger partial charge in [0, 0.05) is 0 Å². The number of hydrogen-bond acceptors (Lipinski definition) is 3. The lowest BCUT2D eigenvalue weighted by Crippen LogP contribution is -2.43. The second kappa shape index (κ2) is 3.00. The molecule has 2 N–H and O–H groups in total. The molecule has 0 saturated carbocycles. The van der Waals surface area contributed by atoms with Gasteiger partial charge in [0.1, 0.15) is 5.10 Å². The van der Waals surface area contributed by atoms with E-state index >= 15 is 0 Å². The van der Waals surface area contributed by atoms with Gasteiger partial charge in [0.2, 0.25) is 0 Å². The number of hydrogen-bond donors (Lipinski definition) is 2. The number of nitrogens with zero attached hydrogens (tertiary/aromatic N) is 3. The summed E-state index contributed by atoms with van der Waals surface area (Å²) in [7, 11) is 0. The summed E-state index contributed by atoms with van der Waals surface area (Å²) in [4.78, 5) is 1.56. The molecule has 1 aromatic carbocycles. The first kappa shape index (κ1) is 6.78. The Morgan fingerprint density at radius 2 is 2.08 bits per heavy atom. The van der Waals surface area contributed by atoms with E-state index in [-0.39, 0.29) is 0 Å². The summed E-state index contributed by atoms with van der Waals surface area (Å²) in [5.41, 5.74) is 4.00. The monoisotopic (exact) mass is 162 g/mol. The van der Waals surface area contributed by atoms with Gasteiger partial charge in [0.25, 0.3) is 0 Å². The average molecular weight is 162 g/mol. The van der Waals surface area contributed by atoms with Gasteiger partial charge in [0.05, 0.1) is 5.69 Å². The second-order valence-corrected chi connectivity index (χ2v) is 2.28. The third-order valence-corrected chi connectivity index (χ3v) is 1.40. The lowest BCUT2D eigenvalue weighted by molar-refractivity contribution is -0.704. The van der Waals surface area contributed by atoms with Crippen LogP contribution in [0.1, 0.15) is 0 Å². The average Bonchev–Trinajstić information content (AvgIpc) is 2.59. The van der Waals surface area contributed by atoms with Crippen LogP contribution in [0.25, 0.3) is 0 Å². The first-order valence-corrected chi connectivity index (χ1v) is 3.55. The molecule has 1 heterocycles. The van der Waals surface area contributed by atoms with Gasteiger partial charge >= 0.3 is 6.33 Å². The van der Waals surface area contributed by atoms with Crippen molar-refractivity contribution in [2.24, 2.45) is 0 Å². The van der Waals surface area contributed by atoms with Crippen LogP contribution in [0.15, 0.2) is 36.7 Å². The zero-order chi connectivity index (χ0) is 8.23. The predicted molar refractivity (Wildman–Crippen MR) is 42.0 cm³/mol. The van der Waals surface area contributed by atoms with E-state index < -0.39 is 0 Å². The van der Waals surface area contributed by atoms with Crippen LogP contribution in [0.2, 0.25) is 0 Å². The summed E-state index contributed by atoms with van der Waals surface area (Å²) in [6.45, 7) is 0. The van der Waals surface area contributed by atoms with E-state index in [9.17, 15) is 0 Å². The molecule has 1 aromatic heterocycles. The Bertz CT molecular complexity index is 328. The topological polar surface area (TPSA) is 57.5 Å². The molecular weight excluding hydrogens is 154 g/mol. The van der Waals surface area contributed by atoms with Crippen LogP contribution in [0.4, 0.5) is 5.69 Å². The lowest BCUT2D eigenvalue weighted by atomic mass is 10.3. The summed E-state index contributed by atoms with van der Waals surface area (Å²) in [5.74, 6) is 0. The number of benzene rings is 1. The van der Waals surface area contributed by atoms with Crippen molar-refractivity contribution in [3.05, 3.63) is 36.7 Å². The van der Waals surface area contributed by atoms with Crippen LogP contribution in [0.5, 0.6) is 0 Å². The molecule has 0 aliphatic rings. The molecule has 0 radical (unpaired) electrons. The molecule has 0 bridgehead atoms. The van der Waals surface area contributed by atoms with Gasteiger partial charge in [-0.2, -0.15) is 0 Å². The van der Waals surface area contributed by atoms with E-state index in [2.05, 4.69) is 21.0 Å². The van der Waals surface area contributed by atoms with Gasteiger partial charge < -0.3 is 0 Å². The largest absolute Gasteiger partial charge is 0.312 e. The maximum Gasteiger partial charge on any atom is 0.312 e. The standard InChI is InChI=1S/C7H7N5/c1-2-4-7(5-3-1)9-12-6-8-10-11-12/h1-6,9H/p+1. The van der Waals surface area contributed by atoms with Crippen LogP contribution < -0.4 is 10.2 Å². The minimum Gasteiger partial charge on any atom is -0.227 e. The Morgan fingerprint density at radius 3 is 2.75 bits per heavy atom. The highest BCUT2D eigenvalue weighted by Crippen LogP contribution is 2.01. The molecule has 5 heteroatoms. The van der Waals surface area contributed by atoms with Gasteiger partial charge in [0.15, 0.2) is 5.21 Å². The lowest BCUT2D eigenvalue weighted by Gasteiger charge is -1.98. The van der Waals surface area contributed by atoms with Gasteiger partial charge in [-0.1, -0.05) is 28.2 Å². The summed E-state index contributed by atoms with van der Waals surface area (Å²) < 4.78 is 0. The summed E-state index contributed by atoms with van der Waals surface area (Å²) >= 11 is 0. The van der Waals surface area contributed by atoms with Crippen LogP contribution in [0.3, 0.4) is 0 Å². The van der Waals surface area contributed by atoms with Crippen molar-refractivity contribution >= 4 is 5.69 Å². The summed E-state index contributed by atoms with van der Waals surface area (Å²) in [6, 6.07) is 9.77. The van der Waals surface area contributed by atoms with Crippen molar-refractivity contribution in [2.45, 2.75) is 0 Å². The highest BCUT2D eigenvalue weighted by molar-refractivity contribution is 5.39. The molecule has 12 heavy (non-hydrogen) atoms. The third kappa shape index (κ3) is 1.39. The zero-order valence-corrected chi connectivity index (χ0v) is 6.31. The summed E-state index contributed by atoms with van der Waals surface area (Å²) in [6.07, 6.45) is 1.55. The quantitative estimate of drug-likeness (QED) is 0.609. The Morgan fingerprint density at radius 1 is 1.25 bits per heavy atom. The molecule has 0 aliphatic heterocycles.